The average molecular weight is 453 g/mol. The number of hydrogen-bond acceptors (Lipinski definition) is 5. The van der Waals surface area contributed by atoms with Crippen LogP contribution in [-0.4, -0.2) is 27.0 Å². The fraction of sp³-hybridized carbons (Fsp3) is 0.370. The highest BCUT2D eigenvalue weighted by molar-refractivity contribution is 7.17. The molecule has 3 rings (SSSR count). The van der Waals surface area contributed by atoms with Gasteiger partial charge in [-0.05, 0) is 64.6 Å². The number of benzene rings is 2. The number of methoxy groups -OCH3 is 2. The molecule has 32 heavy (non-hydrogen) atoms. The van der Waals surface area contributed by atoms with Gasteiger partial charge in [0.25, 0.3) is 0 Å². The molecule has 1 heterocycles. The Morgan fingerprint density at radius 3 is 2.41 bits per heavy atom. The Labute approximate surface area is 194 Å². The zero-order valence-corrected chi connectivity index (χ0v) is 20.8. The SMILES string of the molecule is COCOc1c(-c2csc3ccc(C(C)=CC(=O)OC)cc23)cc(C(C)C)cc1C(C)C. The molecular weight excluding hydrogens is 420 g/mol. The van der Waals surface area contributed by atoms with Gasteiger partial charge in [-0.3, -0.25) is 0 Å². The second kappa shape index (κ2) is 10.3. The number of carbonyl (C=O) groups excluding carboxylic acids is 1. The number of thiophene rings is 1. The lowest BCUT2D eigenvalue weighted by molar-refractivity contribution is -0.134. The third-order valence-electron chi connectivity index (χ3n) is 5.60. The second-order valence-corrected chi connectivity index (χ2v) is 9.47. The first-order valence-electron chi connectivity index (χ1n) is 10.8. The Morgan fingerprint density at radius 1 is 1.03 bits per heavy atom. The van der Waals surface area contributed by atoms with Crippen LogP contribution in [0, 0.1) is 0 Å². The maximum Gasteiger partial charge on any atom is 0.330 e. The summed E-state index contributed by atoms with van der Waals surface area (Å²) >= 11 is 1.71. The maximum atomic E-state index is 11.7. The predicted molar refractivity (Wildman–Crippen MR) is 134 cm³/mol. The molecule has 2 aromatic carbocycles. The molecular formula is C27H32O4S. The maximum absolute atomic E-state index is 11.7. The molecule has 0 fully saturated rings. The summed E-state index contributed by atoms with van der Waals surface area (Å²) in [7, 11) is 3.03. The predicted octanol–water partition coefficient (Wildman–Crippen LogP) is 7.37. The van der Waals surface area contributed by atoms with Gasteiger partial charge in [0, 0.05) is 34.4 Å². The molecule has 0 saturated heterocycles. The van der Waals surface area contributed by atoms with E-state index in [0.29, 0.717) is 11.8 Å². The van der Waals surface area contributed by atoms with E-state index in [1.807, 2.05) is 13.0 Å². The summed E-state index contributed by atoms with van der Waals surface area (Å²) in [6.07, 6.45) is 1.52. The molecule has 0 saturated carbocycles. The summed E-state index contributed by atoms with van der Waals surface area (Å²) in [5.41, 5.74) is 6.53. The van der Waals surface area contributed by atoms with Gasteiger partial charge in [-0.2, -0.15) is 0 Å². The lowest BCUT2D eigenvalue weighted by Gasteiger charge is -2.21. The first-order valence-corrected chi connectivity index (χ1v) is 11.7. The van der Waals surface area contributed by atoms with Gasteiger partial charge in [0.05, 0.1) is 7.11 Å². The average Bonchev–Trinajstić information content (AvgIpc) is 3.19. The number of allylic oxidation sites excluding steroid dienone is 1. The lowest BCUT2D eigenvalue weighted by atomic mass is 9.89. The Morgan fingerprint density at radius 2 is 1.78 bits per heavy atom. The molecule has 0 aliphatic rings. The fourth-order valence-corrected chi connectivity index (χ4v) is 4.66. The first kappa shape index (κ1) is 24.0. The van der Waals surface area contributed by atoms with Crippen LogP contribution < -0.4 is 4.74 Å². The van der Waals surface area contributed by atoms with Crippen LogP contribution in [0.25, 0.3) is 26.8 Å². The monoisotopic (exact) mass is 452 g/mol. The van der Waals surface area contributed by atoms with Crippen molar-refractivity contribution in [2.75, 3.05) is 21.0 Å². The van der Waals surface area contributed by atoms with Crippen molar-refractivity contribution in [1.29, 1.82) is 0 Å². The highest BCUT2D eigenvalue weighted by atomic mass is 32.1. The lowest BCUT2D eigenvalue weighted by Crippen LogP contribution is -2.06. The quantitative estimate of drug-likeness (QED) is 0.203. The van der Waals surface area contributed by atoms with Crippen molar-refractivity contribution in [2.45, 2.75) is 46.5 Å². The standard InChI is InChI=1S/C27H32O4S/c1-16(2)20-12-21(17(3)4)27(31-15-29-6)23(13-20)24-14-32-25-9-8-19(11-22(24)25)18(5)10-26(28)30-7/h8-14,16-17H,15H2,1-7H3. The van der Waals surface area contributed by atoms with E-state index in [0.717, 1.165) is 33.4 Å². The van der Waals surface area contributed by atoms with E-state index in [1.165, 1.54) is 29.0 Å². The minimum Gasteiger partial charge on any atom is -0.467 e. The highest BCUT2D eigenvalue weighted by Crippen LogP contribution is 2.44. The molecule has 0 radical (unpaired) electrons. The van der Waals surface area contributed by atoms with Crippen molar-refractivity contribution in [3.05, 3.63) is 58.5 Å². The van der Waals surface area contributed by atoms with E-state index < -0.39 is 0 Å². The molecule has 1 aromatic heterocycles. The number of ether oxygens (including phenoxy) is 3. The topological polar surface area (TPSA) is 44.8 Å². The number of esters is 1. The van der Waals surface area contributed by atoms with E-state index in [9.17, 15) is 4.79 Å². The largest absolute Gasteiger partial charge is 0.467 e. The van der Waals surface area contributed by atoms with Gasteiger partial charge >= 0.3 is 5.97 Å². The number of rotatable bonds is 8. The molecule has 170 valence electrons. The second-order valence-electron chi connectivity index (χ2n) is 8.56. The van der Waals surface area contributed by atoms with Gasteiger partial charge in [-0.1, -0.05) is 39.8 Å². The van der Waals surface area contributed by atoms with Crippen LogP contribution >= 0.6 is 11.3 Å². The van der Waals surface area contributed by atoms with Crippen LogP contribution in [0.1, 0.15) is 63.1 Å². The molecule has 5 heteroatoms. The zero-order chi connectivity index (χ0) is 23.4. The van der Waals surface area contributed by atoms with E-state index >= 15 is 0 Å². The van der Waals surface area contributed by atoms with Crippen molar-refractivity contribution < 1.29 is 19.0 Å². The van der Waals surface area contributed by atoms with Gasteiger partial charge in [-0.15, -0.1) is 11.3 Å². The van der Waals surface area contributed by atoms with Crippen LogP contribution in [-0.2, 0) is 14.3 Å². The molecule has 0 aliphatic carbocycles. The molecule has 0 unspecified atom stereocenters. The third-order valence-corrected chi connectivity index (χ3v) is 6.57. The van der Waals surface area contributed by atoms with Crippen molar-refractivity contribution in [1.82, 2.24) is 0 Å². The number of carbonyl (C=O) groups is 1. The highest BCUT2D eigenvalue weighted by Gasteiger charge is 2.20. The summed E-state index contributed by atoms with van der Waals surface area (Å²) in [5.74, 6) is 1.23. The van der Waals surface area contributed by atoms with Gasteiger partial charge in [0.15, 0.2) is 6.79 Å². The minimum atomic E-state index is -0.352. The number of hydrogen-bond donors (Lipinski definition) is 0. The van der Waals surface area contributed by atoms with Crippen LogP contribution in [0.2, 0.25) is 0 Å². The van der Waals surface area contributed by atoms with Crippen molar-refractivity contribution in [3.63, 3.8) is 0 Å². The normalized spacial score (nSPS) is 12.1. The molecule has 0 amide bonds. The van der Waals surface area contributed by atoms with Gasteiger partial charge < -0.3 is 14.2 Å². The van der Waals surface area contributed by atoms with Gasteiger partial charge in [0.2, 0.25) is 0 Å². The summed E-state index contributed by atoms with van der Waals surface area (Å²) in [6.45, 7) is 10.9. The Hall–Kier alpha value is -2.63. The van der Waals surface area contributed by atoms with Crippen molar-refractivity contribution in [2.24, 2.45) is 0 Å². The summed E-state index contributed by atoms with van der Waals surface area (Å²) < 4.78 is 17.4. The Balaban J connectivity index is 2.25. The Bertz CT molecular complexity index is 1140. The van der Waals surface area contributed by atoms with E-state index in [2.05, 4.69) is 57.3 Å². The van der Waals surface area contributed by atoms with E-state index in [-0.39, 0.29) is 12.8 Å². The molecule has 0 atom stereocenters. The van der Waals surface area contributed by atoms with E-state index in [1.54, 1.807) is 18.4 Å². The number of fused-ring (bicyclic) bond motifs is 1. The molecule has 4 nitrogen and oxygen atoms in total. The zero-order valence-electron chi connectivity index (χ0n) is 19.9. The van der Waals surface area contributed by atoms with E-state index in [4.69, 9.17) is 14.2 Å². The van der Waals surface area contributed by atoms with Gasteiger partial charge in [0.1, 0.15) is 5.75 Å². The molecule has 0 N–H and O–H groups in total. The molecule has 3 aromatic rings. The molecule has 0 spiro atoms. The van der Waals surface area contributed by atoms with Crippen LogP contribution in [0.15, 0.2) is 41.8 Å². The fourth-order valence-electron chi connectivity index (χ4n) is 3.72. The van der Waals surface area contributed by atoms with Gasteiger partial charge in [-0.25, -0.2) is 4.79 Å². The van der Waals surface area contributed by atoms with Crippen molar-refractivity contribution in [3.8, 4) is 16.9 Å². The third kappa shape index (κ3) is 5.05. The van der Waals surface area contributed by atoms with Crippen molar-refractivity contribution >= 4 is 33.0 Å². The van der Waals surface area contributed by atoms with Crippen LogP contribution in [0.3, 0.4) is 0 Å². The summed E-state index contributed by atoms with van der Waals surface area (Å²) in [6, 6.07) is 10.8. The van der Waals surface area contributed by atoms with Crippen LogP contribution in [0.5, 0.6) is 5.75 Å². The summed E-state index contributed by atoms with van der Waals surface area (Å²) in [5, 5.41) is 3.33. The smallest absolute Gasteiger partial charge is 0.330 e. The van der Waals surface area contributed by atoms with Crippen LogP contribution in [0.4, 0.5) is 0 Å². The Kier molecular flexibility index (Phi) is 7.75. The first-order chi connectivity index (χ1) is 15.3. The summed E-state index contributed by atoms with van der Waals surface area (Å²) in [4.78, 5) is 11.7. The minimum absolute atomic E-state index is 0.196. The molecule has 0 aliphatic heterocycles. The molecule has 0 bridgehead atoms.